The second-order valence-corrected chi connectivity index (χ2v) is 5.18. The number of carbonyl (C=O) groups excluding carboxylic acids is 1. The molecular weight excluding hydrogens is 216 g/mol. The van der Waals surface area contributed by atoms with E-state index in [1.54, 1.807) is 20.8 Å². The first-order valence-electron chi connectivity index (χ1n) is 5.57. The Bertz CT molecular complexity index is 251. The summed E-state index contributed by atoms with van der Waals surface area (Å²) >= 11 is 0. The monoisotopic (exact) mass is 235 g/mol. The lowest BCUT2D eigenvalue weighted by atomic mass is 10.1. The van der Waals surface area contributed by atoms with E-state index in [9.17, 15) is 13.6 Å². The average molecular weight is 235 g/mol. The highest BCUT2D eigenvalue weighted by molar-refractivity contribution is 5.68. The molecule has 94 valence electrons. The van der Waals surface area contributed by atoms with E-state index >= 15 is 0 Å². The Kier molecular flexibility index (Phi) is 4.10. The fourth-order valence-electron chi connectivity index (χ4n) is 1.93. The van der Waals surface area contributed by atoms with Crippen LogP contribution in [-0.2, 0) is 4.74 Å². The second-order valence-electron chi connectivity index (χ2n) is 5.18. The summed E-state index contributed by atoms with van der Waals surface area (Å²) in [6.07, 6.45) is -1.17. The highest BCUT2D eigenvalue weighted by Gasteiger charge is 2.35. The summed E-state index contributed by atoms with van der Waals surface area (Å²) in [5.74, 6) is -0.729. The third-order valence-electron chi connectivity index (χ3n) is 2.60. The maximum absolute atomic E-state index is 12.6. The minimum atomic E-state index is -2.37. The lowest BCUT2D eigenvalue weighted by molar-refractivity contribution is 0.0383. The molecular formula is C11H19F2NO2. The molecule has 5 heteroatoms. The molecule has 0 aliphatic heterocycles. The Balaban J connectivity index is 2.44. The summed E-state index contributed by atoms with van der Waals surface area (Å²) in [4.78, 5) is 11.4. The smallest absolute Gasteiger partial charge is 0.407 e. The number of hydrogen-bond donors (Lipinski definition) is 1. The lowest BCUT2D eigenvalue weighted by Crippen LogP contribution is -2.42. The van der Waals surface area contributed by atoms with Gasteiger partial charge in [0.2, 0.25) is 6.43 Å². The van der Waals surface area contributed by atoms with E-state index in [1.165, 1.54) is 0 Å². The molecule has 0 saturated heterocycles. The van der Waals surface area contributed by atoms with E-state index in [0.29, 0.717) is 12.8 Å². The van der Waals surface area contributed by atoms with Crippen LogP contribution < -0.4 is 5.32 Å². The number of alkyl carbamates (subject to hydrolysis) is 1. The van der Waals surface area contributed by atoms with Crippen LogP contribution >= 0.6 is 0 Å². The molecule has 1 amide bonds. The molecule has 3 nitrogen and oxygen atoms in total. The standard InChI is InChI=1S/C11H19F2NO2/c1-11(2,3)16-10(15)14-8-6-4-5-7(8)9(12)13/h7-9H,4-6H2,1-3H3,(H,14,15). The zero-order chi connectivity index (χ0) is 12.3. The molecule has 2 unspecified atom stereocenters. The topological polar surface area (TPSA) is 38.3 Å². The van der Waals surface area contributed by atoms with Gasteiger partial charge in [0.05, 0.1) is 0 Å². The van der Waals surface area contributed by atoms with Crippen molar-refractivity contribution >= 4 is 6.09 Å². The van der Waals surface area contributed by atoms with Crippen LogP contribution in [0.2, 0.25) is 0 Å². The van der Waals surface area contributed by atoms with Gasteiger partial charge in [-0.15, -0.1) is 0 Å². The van der Waals surface area contributed by atoms with Gasteiger partial charge in [-0.05, 0) is 33.6 Å². The van der Waals surface area contributed by atoms with Crippen molar-refractivity contribution in [3.8, 4) is 0 Å². The van der Waals surface area contributed by atoms with Crippen molar-refractivity contribution in [3.63, 3.8) is 0 Å². The van der Waals surface area contributed by atoms with E-state index in [0.717, 1.165) is 6.42 Å². The van der Waals surface area contributed by atoms with E-state index in [2.05, 4.69) is 5.32 Å². The van der Waals surface area contributed by atoms with Crippen LogP contribution in [0.25, 0.3) is 0 Å². The average Bonchev–Trinajstić information content (AvgIpc) is 2.47. The minimum absolute atomic E-state index is 0.449. The molecule has 1 aliphatic carbocycles. The van der Waals surface area contributed by atoms with Gasteiger partial charge in [-0.2, -0.15) is 0 Å². The summed E-state index contributed by atoms with van der Waals surface area (Å²) < 4.78 is 30.2. The summed E-state index contributed by atoms with van der Waals surface area (Å²) in [7, 11) is 0. The van der Waals surface area contributed by atoms with Gasteiger partial charge < -0.3 is 10.1 Å². The van der Waals surface area contributed by atoms with Gasteiger partial charge in [-0.1, -0.05) is 6.42 Å². The summed E-state index contributed by atoms with van der Waals surface area (Å²) in [5, 5.41) is 2.53. The van der Waals surface area contributed by atoms with Crippen LogP contribution in [-0.4, -0.2) is 24.2 Å². The number of nitrogens with one attached hydrogen (secondary N) is 1. The Labute approximate surface area is 94.5 Å². The predicted molar refractivity (Wildman–Crippen MR) is 56.5 cm³/mol. The Morgan fingerprint density at radius 1 is 1.38 bits per heavy atom. The summed E-state index contributed by atoms with van der Waals surface area (Å²) in [5.41, 5.74) is -0.594. The van der Waals surface area contributed by atoms with Crippen molar-refractivity contribution in [2.75, 3.05) is 0 Å². The van der Waals surface area contributed by atoms with Crippen LogP contribution in [0.1, 0.15) is 40.0 Å². The number of rotatable bonds is 2. The van der Waals surface area contributed by atoms with Crippen LogP contribution in [0.3, 0.4) is 0 Å². The van der Waals surface area contributed by atoms with Crippen LogP contribution in [0.4, 0.5) is 13.6 Å². The Hall–Kier alpha value is -0.870. The van der Waals surface area contributed by atoms with Crippen LogP contribution in [0.15, 0.2) is 0 Å². The van der Waals surface area contributed by atoms with Crippen molar-refractivity contribution in [2.24, 2.45) is 5.92 Å². The van der Waals surface area contributed by atoms with Gasteiger partial charge in [0.25, 0.3) is 0 Å². The molecule has 16 heavy (non-hydrogen) atoms. The molecule has 1 rings (SSSR count). The van der Waals surface area contributed by atoms with Crippen LogP contribution in [0.5, 0.6) is 0 Å². The first-order chi connectivity index (χ1) is 7.29. The highest BCUT2D eigenvalue weighted by Crippen LogP contribution is 2.30. The van der Waals surface area contributed by atoms with E-state index in [-0.39, 0.29) is 0 Å². The van der Waals surface area contributed by atoms with E-state index in [1.807, 2.05) is 0 Å². The quantitative estimate of drug-likeness (QED) is 0.799. The SMILES string of the molecule is CC(C)(C)OC(=O)NC1CCCC1C(F)F. The number of ether oxygens (including phenoxy) is 1. The molecule has 1 N–H and O–H groups in total. The second kappa shape index (κ2) is 4.97. The van der Waals surface area contributed by atoms with Gasteiger partial charge in [-0.3, -0.25) is 0 Å². The number of alkyl halides is 2. The van der Waals surface area contributed by atoms with Crippen molar-refractivity contribution in [2.45, 2.75) is 58.1 Å². The minimum Gasteiger partial charge on any atom is -0.444 e. The van der Waals surface area contributed by atoms with Crippen molar-refractivity contribution < 1.29 is 18.3 Å². The van der Waals surface area contributed by atoms with Crippen molar-refractivity contribution in [3.05, 3.63) is 0 Å². The summed E-state index contributed by atoms with van der Waals surface area (Å²) in [6.45, 7) is 5.23. The first-order valence-corrected chi connectivity index (χ1v) is 5.57. The molecule has 0 aromatic rings. The summed E-state index contributed by atoms with van der Waals surface area (Å²) in [6, 6.07) is -0.449. The fourth-order valence-corrected chi connectivity index (χ4v) is 1.93. The van der Waals surface area contributed by atoms with Gasteiger partial charge >= 0.3 is 6.09 Å². The van der Waals surface area contributed by atoms with Gasteiger partial charge in [-0.25, -0.2) is 13.6 Å². The maximum atomic E-state index is 12.6. The van der Waals surface area contributed by atoms with Crippen molar-refractivity contribution in [1.82, 2.24) is 5.32 Å². The molecule has 1 fully saturated rings. The molecule has 0 radical (unpaired) electrons. The van der Waals surface area contributed by atoms with E-state index in [4.69, 9.17) is 4.74 Å². The molecule has 0 spiro atoms. The molecule has 0 bridgehead atoms. The zero-order valence-corrected chi connectivity index (χ0v) is 9.93. The molecule has 2 atom stereocenters. The number of hydrogen-bond acceptors (Lipinski definition) is 2. The predicted octanol–water partition coefficient (Wildman–Crippen LogP) is 2.94. The molecule has 0 aromatic carbocycles. The fraction of sp³-hybridized carbons (Fsp3) is 0.909. The normalized spacial score (nSPS) is 25.9. The third kappa shape index (κ3) is 3.94. The molecule has 1 saturated carbocycles. The van der Waals surface area contributed by atoms with Gasteiger partial charge in [0, 0.05) is 12.0 Å². The van der Waals surface area contributed by atoms with Crippen molar-refractivity contribution in [1.29, 1.82) is 0 Å². The first kappa shape index (κ1) is 13.2. The highest BCUT2D eigenvalue weighted by atomic mass is 19.3. The largest absolute Gasteiger partial charge is 0.444 e. The third-order valence-corrected chi connectivity index (χ3v) is 2.60. The maximum Gasteiger partial charge on any atom is 0.407 e. The Morgan fingerprint density at radius 2 is 2.00 bits per heavy atom. The zero-order valence-electron chi connectivity index (χ0n) is 9.93. The Morgan fingerprint density at radius 3 is 2.50 bits per heavy atom. The van der Waals surface area contributed by atoms with E-state index < -0.39 is 30.1 Å². The van der Waals surface area contributed by atoms with Crippen LogP contribution in [0, 0.1) is 5.92 Å². The van der Waals surface area contributed by atoms with Gasteiger partial charge in [0.1, 0.15) is 5.60 Å². The molecule has 0 aromatic heterocycles. The van der Waals surface area contributed by atoms with Gasteiger partial charge in [0.15, 0.2) is 0 Å². The number of halogens is 2. The molecule has 1 aliphatic rings. The molecule has 0 heterocycles. The number of carbonyl (C=O) groups is 1. The number of amides is 1. The lowest BCUT2D eigenvalue weighted by Gasteiger charge is -2.24.